The lowest BCUT2D eigenvalue weighted by atomic mass is 9.96. The van der Waals surface area contributed by atoms with Crippen molar-refractivity contribution in [2.45, 2.75) is 0 Å². The van der Waals surface area contributed by atoms with Gasteiger partial charge in [-0.2, -0.15) is 0 Å². The number of nitrogens with zero attached hydrogens (tertiary/aromatic N) is 7. The molecule has 0 saturated carbocycles. The molecule has 0 amide bonds. The van der Waals surface area contributed by atoms with Crippen molar-refractivity contribution in [3.8, 4) is 50.4 Å². The highest BCUT2D eigenvalue weighted by atomic mass is 16.3. The van der Waals surface area contributed by atoms with Gasteiger partial charge >= 0.3 is 0 Å². The van der Waals surface area contributed by atoms with Crippen LogP contribution < -0.4 is 0 Å². The summed E-state index contributed by atoms with van der Waals surface area (Å²) in [6, 6.07) is 109. The first-order valence-electron chi connectivity index (χ1n) is 32.4. The molecule has 14 aromatic carbocycles. The second-order valence-corrected chi connectivity index (χ2v) is 24.8. The molecule has 0 radical (unpaired) electrons. The number of fused-ring (bicyclic) bond motifs is 22. The second-order valence-electron chi connectivity index (χ2n) is 24.8. The summed E-state index contributed by atoms with van der Waals surface area (Å²) in [6.07, 6.45) is 0. The molecule has 0 unspecified atom stereocenters. The van der Waals surface area contributed by atoms with Gasteiger partial charge < -0.3 is 17.8 Å². The zero-order valence-corrected chi connectivity index (χ0v) is 51.3. The number of rotatable bonds is 6. The molecule has 8 aromatic heterocycles. The van der Waals surface area contributed by atoms with E-state index in [1.165, 1.54) is 10.8 Å². The molecule has 0 fully saturated rings. The average molecular weight is 1230 g/mol. The molecule has 0 N–H and O–H groups in total. The molecule has 10 nitrogen and oxygen atoms in total. The third kappa shape index (κ3) is 7.57. The highest BCUT2D eigenvalue weighted by molar-refractivity contribution is 6.16. The summed E-state index contributed by atoms with van der Waals surface area (Å²) in [4.78, 5) is 10.2. The second kappa shape index (κ2) is 20.2. The van der Waals surface area contributed by atoms with Crippen molar-refractivity contribution in [2.75, 3.05) is 0 Å². The Balaban J connectivity index is 0.000000127. The maximum atomic E-state index is 6.94. The number of aromatic nitrogens is 7. The third-order valence-electron chi connectivity index (χ3n) is 19.6. The van der Waals surface area contributed by atoms with E-state index in [0.29, 0.717) is 0 Å². The van der Waals surface area contributed by atoms with Gasteiger partial charge in [-0.25, -0.2) is 9.97 Å². The fourth-order valence-electron chi connectivity index (χ4n) is 15.4. The lowest BCUT2D eigenvalue weighted by Gasteiger charge is -2.09. The lowest BCUT2D eigenvalue weighted by Crippen LogP contribution is -1.96. The number of hydrogen-bond acceptors (Lipinski definition) is 5. The van der Waals surface area contributed by atoms with Crippen molar-refractivity contribution in [3.63, 3.8) is 0 Å². The molecule has 0 aliphatic rings. The Morgan fingerprint density at radius 2 is 0.656 bits per heavy atom. The van der Waals surface area contributed by atoms with Crippen molar-refractivity contribution in [3.05, 3.63) is 309 Å². The summed E-state index contributed by atoms with van der Waals surface area (Å²) < 4.78 is 31.2. The summed E-state index contributed by atoms with van der Waals surface area (Å²) >= 11 is 0. The van der Waals surface area contributed by atoms with Gasteiger partial charge in [-0.1, -0.05) is 194 Å². The predicted octanol–water partition coefficient (Wildman–Crippen LogP) is 22.7. The molecule has 22 aromatic rings. The first kappa shape index (κ1) is 52.4. The minimum absolute atomic E-state index is 0.832. The van der Waals surface area contributed by atoms with E-state index in [1.807, 2.05) is 30.3 Å². The van der Waals surface area contributed by atoms with E-state index in [-0.39, 0.29) is 0 Å². The molecule has 0 saturated heterocycles. The Morgan fingerprint density at radius 1 is 0.229 bits per heavy atom. The van der Waals surface area contributed by atoms with Gasteiger partial charge in [0.15, 0.2) is 5.58 Å². The quantitative estimate of drug-likeness (QED) is 0.165. The van der Waals surface area contributed by atoms with Gasteiger partial charge in [0.05, 0.1) is 60.9 Å². The zero-order chi connectivity index (χ0) is 62.7. The van der Waals surface area contributed by atoms with Crippen LogP contribution in [0.2, 0.25) is 0 Å². The van der Waals surface area contributed by atoms with E-state index in [0.717, 1.165) is 183 Å². The maximum absolute atomic E-state index is 6.94. The zero-order valence-electron chi connectivity index (χ0n) is 51.3. The standard InChI is InChI=1S/C43H26N4O.C43H25N3O2/c1-2-11-28(12-3-1)45-36-23-21-27(30-14-10-15-32-31-13-4-9-20-41(31)48-42(30)32)25-33(36)34-26-29(22-24-37(34)45)46-39-18-7-8-19-40(39)47-38-17-6-5-16-35(38)44-43(46)47;1-6-24-39-30(13-1)31-16-8-14-28(40(31)47-39)26-11-7-12-27(25-26)29-15-9-17-32-33-18-10-23-38(42(33)48-41(29)32)46-37-22-5-4-21-36(37)45-35-20-3-2-19-34(35)44-43(45)46/h1-26H;1-25H. The minimum Gasteiger partial charge on any atom is -0.455 e. The number of hydrogen-bond donors (Lipinski definition) is 0. The molecule has 448 valence electrons. The van der Waals surface area contributed by atoms with Crippen LogP contribution >= 0.6 is 0 Å². The Morgan fingerprint density at radius 3 is 1.26 bits per heavy atom. The van der Waals surface area contributed by atoms with Crippen LogP contribution in [0.5, 0.6) is 0 Å². The average Bonchev–Trinajstić information content (AvgIpc) is 1.55. The van der Waals surface area contributed by atoms with Crippen LogP contribution in [0, 0.1) is 0 Å². The molecular formula is C86H51N7O3. The molecule has 0 aliphatic heterocycles. The van der Waals surface area contributed by atoms with E-state index in [4.69, 9.17) is 23.2 Å². The van der Waals surface area contributed by atoms with Crippen LogP contribution in [0.1, 0.15) is 0 Å². The largest absolute Gasteiger partial charge is 0.455 e. The van der Waals surface area contributed by atoms with Crippen LogP contribution in [0.15, 0.2) is 323 Å². The normalized spacial score (nSPS) is 12.2. The summed E-state index contributed by atoms with van der Waals surface area (Å²) in [7, 11) is 0. The lowest BCUT2D eigenvalue weighted by molar-refractivity contribution is 0.667. The number of benzene rings is 14. The van der Waals surface area contributed by atoms with Crippen LogP contribution in [0.4, 0.5) is 0 Å². The maximum Gasteiger partial charge on any atom is 0.220 e. The van der Waals surface area contributed by atoms with Gasteiger partial charge in [0.25, 0.3) is 0 Å². The van der Waals surface area contributed by atoms with E-state index >= 15 is 0 Å². The number of imidazole rings is 4. The van der Waals surface area contributed by atoms with Crippen molar-refractivity contribution in [2.24, 2.45) is 0 Å². The molecule has 22 rings (SSSR count). The van der Waals surface area contributed by atoms with Gasteiger partial charge in [-0.3, -0.25) is 17.9 Å². The van der Waals surface area contributed by atoms with Crippen molar-refractivity contribution < 1.29 is 13.3 Å². The van der Waals surface area contributed by atoms with Crippen molar-refractivity contribution >= 4 is 143 Å². The highest BCUT2D eigenvalue weighted by Gasteiger charge is 2.25. The van der Waals surface area contributed by atoms with Gasteiger partial charge in [0.1, 0.15) is 27.9 Å². The summed E-state index contributed by atoms with van der Waals surface area (Å²) in [5, 5.41) is 9.03. The van der Waals surface area contributed by atoms with Crippen LogP contribution in [-0.2, 0) is 0 Å². The number of furan rings is 3. The molecule has 10 heteroatoms. The van der Waals surface area contributed by atoms with Gasteiger partial charge in [0.2, 0.25) is 11.6 Å². The summed E-state index contributed by atoms with van der Waals surface area (Å²) in [5.41, 5.74) is 25.9. The monoisotopic (exact) mass is 1230 g/mol. The molecule has 8 heterocycles. The number of para-hydroxylation sites is 15. The van der Waals surface area contributed by atoms with Crippen LogP contribution in [-0.4, -0.2) is 32.5 Å². The van der Waals surface area contributed by atoms with E-state index in [1.54, 1.807) is 0 Å². The van der Waals surface area contributed by atoms with Crippen molar-refractivity contribution in [1.29, 1.82) is 0 Å². The predicted molar refractivity (Wildman–Crippen MR) is 392 cm³/mol. The summed E-state index contributed by atoms with van der Waals surface area (Å²) in [6.45, 7) is 0. The fraction of sp³-hybridized carbons (Fsp3) is 0. The summed E-state index contributed by atoms with van der Waals surface area (Å²) in [5.74, 6) is 1.76. The van der Waals surface area contributed by atoms with E-state index in [9.17, 15) is 0 Å². The van der Waals surface area contributed by atoms with Gasteiger partial charge in [0, 0.05) is 71.2 Å². The van der Waals surface area contributed by atoms with Gasteiger partial charge in [-0.15, -0.1) is 0 Å². The molecular weight excluding hydrogens is 1180 g/mol. The molecule has 96 heavy (non-hydrogen) atoms. The smallest absolute Gasteiger partial charge is 0.220 e. The SMILES string of the molecule is c1cc(-c2cccc3c2oc2ccccc23)cc(-c2cccc3c2oc2c(-n4c5ccccc5n5c6ccccc6nc45)cccc23)c1.c1ccc(-n2c3ccc(-c4cccc5c4oc4ccccc45)cc3c3cc(-n4c5ccccc5n5c6ccccc6nc45)ccc32)cc1. The fourth-order valence-corrected chi connectivity index (χ4v) is 15.4. The molecule has 0 atom stereocenters. The Hall–Kier alpha value is -13.2. The first-order valence-corrected chi connectivity index (χ1v) is 32.4. The Bertz CT molecular complexity index is 6980. The Labute approximate surface area is 545 Å². The molecule has 0 spiro atoms. The molecule has 0 bridgehead atoms. The minimum atomic E-state index is 0.832. The van der Waals surface area contributed by atoms with Crippen molar-refractivity contribution in [1.82, 2.24) is 32.5 Å². The van der Waals surface area contributed by atoms with E-state index < -0.39 is 0 Å². The highest BCUT2D eigenvalue weighted by Crippen LogP contribution is 2.45. The topological polar surface area (TPSA) is 88.8 Å². The third-order valence-corrected chi connectivity index (χ3v) is 19.6. The van der Waals surface area contributed by atoms with Crippen LogP contribution in [0.3, 0.4) is 0 Å². The van der Waals surface area contributed by atoms with Crippen LogP contribution in [0.25, 0.3) is 194 Å². The van der Waals surface area contributed by atoms with E-state index in [2.05, 4.69) is 302 Å². The first-order chi connectivity index (χ1) is 47.6. The van der Waals surface area contributed by atoms with Gasteiger partial charge in [-0.05, 0) is 132 Å². The molecule has 0 aliphatic carbocycles. The Kier molecular flexibility index (Phi) is 11.0.